The normalized spacial score (nSPS) is 21.7. The van der Waals surface area contributed by atoms with Crippen LogP contribution in [0.25, 0.3) is 0 Å². The zero-order valence-electron chi connectivity index (χ0n) is 11.1. The molecule has 0 aliphatic carbocycles. The zero-order valence-corrected chi connectivity index (χ0v) is 11.8. The van der Waals surface area contributed by atoms with Crippen molar-refractivity contribution in [2.24, 2.45) is 5.92 Å². The number of aliphatic carboxylic acids is 1. The molecule has 2 unspecified atom stereocenters. The number of likely N-dealkylation sites (N-methyl/N-ethyl adjacent to an activating group) is 1. The molecule has 1 amide bonds. The molecular formula is C14H16ClNO4. The minimum atomic E-state index is -0.932. The van der Waals surface area contributed by atoms with Crippen molar-refractivity contribution in [2.45, 2.75) is 12.5 Å². The minimum absolute atomic E-state index is 0.130. The highest BCUT2D eigenvalue weighted by molar-refractivity contribution is 6.30. The predicted octanol–water partition coefficient (Wildman–Crippen LogP) is 1.44. The van der Waals surface area contributed by atoms with E-state index in [0.29, 0.717) is 5.02 Å². The van der Waals surface area contributed by atoms with Gasteiger partial charge >= 0.3 is 5.97 Å². The van der Waals surface area contributed by atoms with Gasteiger partial charge in [-0.25, -0.2) is 0 Å². The smallest absolute Gasteiger partial charge is 0.311 e. The summed E-state index contributed by atoms with van der Waals surface area (Å²) in [6.07, 6.45) is 0.219. The molecule has 1 aromatic carbocycles. The Kier molecular flexibility index (Phi) is 4.62. The van der Waals surface area contributed by atoms with Gasteiger partial charge in [0, 0.05) is 12.1 Å². The van der Waals surface area contributed by atoms with E-state index in [2.05, 4.69) is 0 Å². The second kappa shape index (κ2) is 6.24. The molecule has 0 spiro atoms. The first-order valence-corrected chi connectivity index (χ1v) is 6.67. The summed E-state index contributed by atoms with van der Waals surface area (Å²) in [5, 5.41) is 9.72. The van der Waals surface area contributed by atoms with Crippen molar-refractivity contribution in [2.75, 3.05) is 20.3 Å². The van der Waals surface area contributed by atoms with Crippen LogP contribution < -0.4 is 0 Å². The first-order valence-electron chi connectivity index (χ1n) is 6.29. The minimum Gasteiger partial charge on any atom is -0.481 e. The molecule has 0 saturated carbocycles. The van der Waals surface area contributed by atoms with Crippen LogP contribution in [0.3, 0.4) is 0 Å². The molecule has 1 aromatic rings. The molecule has 5 nitrogen and oxygen atoms in total. The molecule has 2 rings (SSSR count). The predicted molar refractivity (Wildman–Crippen MR) is 73.7 cm³/mol. The molecule has 1 aliphatic rings. The van der Waals surface area contributed by atoms with E-state index < -0.39 is 17.9 Å². The SMILES string of the molecule is CN(C(=O)Cc1ccc(Cl)cc1)C1COCC1C(=O)O. The number of nitrogens with zero attached hydrogens (tertiary/aromatic N) is 1. The molecule has 1 aliphatic heterocycles. The van der Waals surface area contributed by atoms with Gasteiger partial charge in [0.25, 0.3) is 0 Å². The summed E-state index contributed by atoms with van der Waals surface area (Å²) in [5.41, 5.74) is 0.844. The lowest BCUT2D eigenvalue weighted by molar-refractivity contribution is -0.144. The molecule has 1 saturated heterocycles. The maximum atomic E-state index is 12.2. The Labute approximate surface area is 122 Å². The number of ether oxygens (including phenoxy) is 1. The van der Waals surface area contributed by atoms with Crippen molar-refractivity contribution in [3.8, 4) is 0 Å². The summed E-state index contributed by atoms with van der Waals surface area (Å²) < 4.78 is 5.18. The van der Waals surface area contributed by atoms with Gasteiger partial charge in [-0.2, -0.15) is 0 Å². The lowest BCUT2D eigenvalue weighted by Gasteiger charge is -2.26. The number of amides is 1. The van der Waals surface area contributed by atoms with E-state index in [4.69, 9.17) is 21.4 Å². The van der Waals surface area contributed by atoms with Gasteiger partial charge < -0.3 is 14.7 Å². The summed E-state index contributed by atoms with van der Waals surface area (Å²) in [4.78, 5) is 24.8. The van der Waals surface area contributed by atoms with Crippen molar-refractivity contribution in [3.63, 3.8) is 0 Å². The van der Waals surface area contributed by atoms with Crippen LogP contribution in [-0.2, 0) is 20.7 Å². The van der Waals surface area contributed by atoms with Gasteiger partial charge in [0.15, 0.2) is 0 Å². The Morgan fingerprint density at radius 2 is 2.00 bits per heavy atom. The maximum absolute atomic E-state index is 12.2. The molecule has 0 aromatic heterocycles. The number of rotatable bonds is 4. The third-order valence-corrected chi connectivity index (χ3v) is 3.78. The third-order valence-electron chi connectivity index (χ3n) is 3.53. The Hall–Kier alpha value is -1.59. The van der Waals surface area contributed by atoms with E-state index in [1.165, 1.54) is 4.90 Å². The van der Waals surface area contributed by atoms with E-state index in [1.807, 2.05) is 0 Å². The van der Waals surface area contributed by atoms with Crippen LogP contribution in [0.15, 0.2) is 24.3 Å². The number of carboxylic acids is 1. The molecule has 108 valence electrons. The van der Waals surface area contributed by atoms with Crippen LogP contribution in [0.1, 0.15) is 5.56 Å². The Balaban J connectivity index is 2.01. The number of benzene rings is 1. The Morgan fingerprint density at radius 1 is 1.35 bits per heavy atom. The Morgan fingerprint density at radius 3 is 2.60 bits per heavy atom. The van der Waals surface area contributed by atoms with E-state index in [0.717, 1.165) is 5.56 Å². The summed E-state index contributed by atoms with van der Waals surface area (Å²) in [5.74, 6) is -1.72. The average Bonchev–Trinajstić information content (AvgIpc) is 2.90. The van der Waals surface area contributed by atoms with Gasteiger partial charge in [0.2, 0.25) is 5.91 Å². The standard InChI is InChI=1S/C14H16ClNO4/c1-16(12-8-20-7-11(12)14(18)19)13(17)6-9-2-4-10(15)5-3-9/h2-5,11-12H,6-8H2,1H3,(H,18,19). The summed E-state index contributed by atoms with van der Waals surface area (Å²) in [7, 11) is 1.62. The Bertz CT molecular complexity index is 502. The average molecular weight is 298 g/mol. The van der Waals surface area contributed by atoms with Gasteiger partial charge in [-0.15, -0.1) is 0 Å². The number of hydrogen-bond acceptors (Lipinski definition) is 3. The largest absolute Gasteiger partial charge is 0.481 e. The maximum Gasteiger partial charge on any atom is 0.311 e. The van der Waals surface area contributed by atoms with Crippen LogP contribution in [-0.4, -0.2) is 48.2 Å². The number of carboxylic acid groups (broad SMARTS) is 1. The van der Waals surface area contributed by atoms with E-state index >= 15 is 0 Å². The van der Waals surface area contributed by atoms with Gasteiger partial charge in [-0.1, -0.05) is 23.7 Å². The number of carbonyl (C=O) groups is 2. The van der Waals surface area contributed by atoms with Crippen LogP contribution in [0.4, 0.5) is 0 Å². The molecule has 1 fully saturated rings. The molecule has 0 bridgehead atoms. The molecule has 1 N–H and O–H groups in total. The fraction of sp³-hybridized carbons (Fsp3) is 0.429. The number of carbonyl (C=O) groups excluding carboxylic acids is 1. The van der Waals surface area contributed by atoms with E-state index in [9.17, 15) is 9.59 Å². The second-order valence-electron chi connectivity index (χ2n) is 4.86. The van der Waals surface area contributed by atoms with Crippen LogP contribution in [0.5, 0.6) is 0 Å². The molecular weight excluding hydrogens is 282 g/mol. The van der Waals surface area contributed by atoms with Crippen molar-refractivity contribution in [1.29, 1.82) is 0 Å². The van der Waals surface area contributed by atoms with Crippen molar-refractivity contribution >= 4 is 23.5 Å². The summed E-state index contributed by atoms with van der Waals surface area (Å²) >= 11 is 5.79. The first kappa shape index (κ1) is 14.8. The van der Waals surface area contributed by atoms with Gasteiger partial charge in [-0.05, 0) is 17.7 Å². The summed E-state index contributed by atoms with van der Waals surface area (Å²) in [6, 6.07) is 6.61. The fourth-order valence-corrected chi connectivity index (χ4v) is 2.37. The van der Waals surface area contributed by atoms with Crippen molar-refractivity contribution in [3.05, 3.63) is 34.9 Å². The van der Waals surface area contributed by atoms with E-state index in [-0.39, 0.29) is 25.5 Å². The highest BCUT2D eigenvalue weighted by Crippen LogP contribution is 2.20. The van der Waals surface area contributed by atoms with Gasteiger partial charge in [0.1, 0.15) is 5.92 Å². The molecule has 0 radical (unpaired) electrons. The van der Waals surface area contributed by atoms with E-state index in [1.54, 1.807) is 31.3 Å². The van der Waals surface area contributed by atoms with Gasteiger partial charge in [0.05, 0.1) is 25.7 Å². The highest BCUT2D eigenvalue weighted by atomic mass is 35.5. The second-order valence-corrected chi connectivity index (χ2v) is 5.29. The van der Waals surface area contributed by atoms with Crippen molar-refractivity contribution < 1.29 is 19.4 Å². The summed E-state index contributed by atoms with van der Waals surface area (Å²) in [6.45, 7) is 0.415. The molecule has 2 atom stereocenters. The fourth-order valence-electron chi connectivity index (χ4n) is 2.25. The van der Waals surface area contributed by atoms with Crippen LogP contribution in [0.2, 0.25) is 5.02 Å². The lowest BCUT2D eigenvalue weighted by Crippen LogP contribution is -2.44. The lowest BCUT2D eigenvalue weighted by atomic mass is 10.0. The quantitative estimate of drug-likeness (QED) is 0.913. The highest BCUT2D eigenvalue weighted by Gasteiger charge is 2.38. The first-order chi connectivity index (χ1) is 9.49. The molecule has 20 heavy (non-hydrogen) atoms. The molecule has 6 heteroatoms. The number of hydrogen-bond donors (Lipinski definition) is 1. The topological polar surface area (TPSA) is 66.8 Å². The molecule has 1 heterocycles. The van der Waals surface area contributed by atoms with Crippen LogP contribution >= 0.6 is 11.6 Å². The van der Waals surface area contributed by atoms with Crippen molar-refractivity contribution in [1.82, 2.24) is 4.90 Å². The van der Waals surface area contributed by atoms with Crippen LogP contribution in [0, 0.1) is 5.92 Å². The third kappa shape index (κ3) is 3.29. The monoisotopic (exact) mass is 297 g/mol. The van der Waals surface area contributed by atoms with Gasteiger partial charge in [-0.3, -0.25) is 9.59 Å². The number of halogens is 1. The zero-order chi connectivity index (χ0) is 14.7.